The van der Waals surface area contributed by atoms with E-state index >= 15 is 0 Å². The summed E-state index contributed by atoms with van der Waals surface area (Å²) in [6.07, 6.45) is 2.20. The second kappa shape index (κ2) is 4.98. The quantitative estimate of drug-likeness (QED) is 0.914. The van der Waals surface area contributed by atoms with Crippen LogP contribution >= 0.6 is 11.6 Å². The molecule has 0 spiro atoms. The minimum Gasteiger partial charge on any atom is -0.496 e. The molecule has 1 unspecified atom stereocenters. The van der Waals surface area contributed by atoms with Gasteiger partial charge in [-0.3, -0.25) is 0 Å². The molecule has 100 valence electrons. The van der Waals surface area contributed by atoms with Gasteiger partial charge in [0.2, 0.25) is 0 Å². The number of rotatable bonds is 3. The van der Waals surface area contributed by atoms with Crippen LogP contribution in [0.2, 0.25) is 5.02 Å². The minimum atomic E-state index is -0.136. The molecule has 18 heavy (non-hydrogen) atoms. The molecule has 1 aromatic rings. The highest BCUT2D eigenvalue weighted by Gasteiger charge is 2.36. The predicted octanol–water partition coefficient (Wildman–Crippen LogP) is 3.26. The van der Waals surface area contributed by atoms with Crippen LogP contribution in [0.4, 0.5) is 0 Å². The molecule has 4 heteroatoms. The largest absolute Gasteiger partial charge is 0.496 e. The predicted molar refractivity (Wildman–Crippen MR) is 73.9 cm³/mol. The Balaban J connectivity index is 2.63. The van der Waals surface area contributed by atoms with Crippen molar-refractivity contribution < 1.29 is 9.47 Å². The molecule has 0 radical (unpaired) electrons. The van der Waals surface area contributed by atoms with Gasteiger partial charge in [-0.15, -0.1) is 0 Å². The molecule has 0 saturated carbocycles. The second-order valence-corrected chi connectivity index (χ2v) is 5.36. The fraction of sp³-hybridized carbons (Fsp3) is 0.571. The van der Waals surface area contributed by atoms with E-state index in [0.717, 1.165) is 42.0 Å². The van der Waals surface area contributed by atoms with Crippen LogP contribution in [0.1, 0.15) is 30.9 Å². The molecule has 1 N–H and O–H groups in total. The van der Waals surface area contributed by atoms with Crippen molar-refractivity contribution >= 4 is 11.6 Å². The fourth-order valence-corrected chi connectivity index (χ4v) is 3.29. The van der Waals surface area contributed by atoms with E-state index in [1.54, 1.807) is 14.2 Å². The van der Waals surface area contributed by atoms with E-state index in [1.165, 1.54) is 0 Å². The molecule has 0 amide bonds. The average Bonchev–Trinajstić information content (AvgIpc) is 2.76. The fourth-order valence-electron chi connectivity index (χ4n) is 2.76. The molecular formula is C14H20ClNO2. The average molecular weight is 270 g/mol. The number of methoxy groups -OCH3 is 2. The SMILES string of the molecule is COc1cc(C)c(OC)c(Cl)c1C1(C)CCCN1. The Morgan fingerprint density at radius 3 is 2.56 bits per heavy atom. The summed E-state index contributed by atoms with van der Waals surface area (Å²) in [6, 6.07) is 1.99. The Hall–Kier alpha value is -0.930. The lowest BCUT2D eigenvalue weighted by molar-refractivity contribution is 0.363. The Kier molecular flexibility index (Phi) is 3.74. The van der Waals surface area contributed by atoms with Crippen molar-refractivity contribution in [2.24, 2.45) is 0 Å². The summed E-state index contributed by atoms with van der Waals surface area (Å²) < 4.78 is 10.9. The Bertz CT molecular complexity index is 454. The van der Waals surface area contributed by atoms with E-state index in [9.17, 15) is 0 Å². The van der Waals surface area contributed by atoms with Crippen LogP contribution < -0.4 is 14.8 Å². The van der Waals surface area contributed by atoms with E-state index in [0.29, 0.717) is 5.02 Å². The van der Waals surface area contributed by atoms with Gasteiger partial charge in [-0.2, -0.15) is 0 Å². The van der Waals surface area contributed by atoms with Crippen molar-refractivity contribution in [2.75, 3.05) is 20.8 Å². The summed E-state index contributed by atoms with van der Waals surface area (Å²) in [4.78, 5) is 0. The topological polar surface area (TPSA) is 30.5 Å². The maximum atomic E-state index is 6.52. The first kappa shape index (κ1) is 13.5. The van der Waals surface area contributed by atoms with Crippen LogP contribution in [0.15, 0.2) is 6.07 Å². The van der Waals surface area contributed by atoms with Crippen molar-refractivity contribution in [3.8, 4) is 11.5 Å². The van der Waals surface area contributed by atoms with Crippen LogP contribution in [-0.2, 0) is 5.54 Å². The molecule has 3 nitrogen and oxygen atoms in total. The van der Waals surface area contributed by atoms with Crippen molar-refractivity contribution in [1.82, 2.24) is 5.32 Å². The van der Waals surface area contributed by atoms with Gasteiger partial charge in [0, 0.05) is 11.1 Å². The number of hydrogen-bond donors (Lipinski definition) is 1. The highest BCUT2D eigenvalue weighted by Crippen LogP contribution is 2.46. The summed E-state index contributed by atoms with van der Waals surface area (Å²) in [5.74, 6) is 1.57. The summed E-state index contributed by atoms with van der Waals surface area (Å²) in [5, 5.41) is 4.17. The normalized spacial score (nSPS) is 23.2. The molecule has 1 aromatic carbocycles. The second-order valence-electron chi connectivity index (χ2n) is 4.98. The first-order valence-electron chi connectivity index (χ1n) is 6.20. The lowest BCUT2D eigenvalue weighted by Crippen LogP contribution is -2.34. The van der Waals surface area contributed by atoms with E-state index in [1.807, 2.05) is 13.0 Å². The third-order valence-corrected chi connectivity index (χ3v) is 4.08. The zero-order valence-electron chi connectivity index (χ0n) is 11.4. The van der Waals surface area contributed by atoms with E-state index in [4.69, 9.17) is 21.1 Å². The molecular weight excluding hydrogens is 250 g/mol. The number of hydrogen-bond acceptors (Lipinski definition) is 3. The summed E-state index contributed by atoms with van der Waals surface area (Å²) >= 11 is 6.52. The number of aryl methyl sites for hydroxylation is 1. The highest BCUT2D eigenvalue weighted by atomic mass is 35.5. The summed E-state index contributed by atoms with van der Waals surface area (Å²) in [5.41, 5.74) is 1.86. The molecule has 2 rings (SSSR count). The van der Waals surface area contributed by atoms with Crippen LogP contribution in [0.5, 0.6) is 11.5 Å². The van der Waals surface area contributed by atoms with E-state index < -0.39 is 0 Å². The maximum absolute atomic E-state index is 6.52. The number of benzene rings is 1. The smallest absolute Gasteiger partial charge is 0.140 e. The van der Waals surface area contributed by atoms with Crippen LogP contribution in [0, 0.1) is 6.92 Å². The number of ether oxygens (including phenoxy) is 2. The standard InChI is InChI=1S/C14H20ClNO2/c1-9-8-10(17-3)11(12(15)13(9)18-4)14(2)6-5-7-16-14/h8,16H,5-7H2,1-4H3. The first-order valence-corrected chi connectivity index (χ1v) is 6.58. The highest BCUT2D eigenvalue weighted by molar-refractivity contribution is 6.33. The van der Waals surface area contributed by atoms with Crippen molar-refractivity contribution in [2.45, 2.75) is 32.2 Å². The molecule has 1 aliphatic heterocycles. The third kappa shape index (κ3) is 2.06. The molecule has 1 aliphatic rings. The van der Waals surface area contributed by atoms with Crippen molar-refractivity contribution in [3.63, 3.8) is 0 Å². The summed E-state index contributed by atoms with van der Waals surface area (Å²) in [6.45, 7) is 5.14. The lowest BCUT2D eigenvalue weighted by Gasteiger charge is -2.29. The van der Waals surface area contributed by atoms with Crippen LogP contribution in [0.25, 0.3) is 0 Å². The van der Waals surface area contributed by atoms with Gasteiger partial charge in [-0.25, -0.2) is 0 Å². The molecule has 0 aliphatic carbocycles. The molecule has 1 fully saturated rings. The maximum Gasteiger partial charge on any atom is 0.140 e. The molecule has 1 atom stereocenters. The first-order chi connectivity index (χ1) is 8.53. The van der Waals surface area contributed by atoms with Gasteiger partial charge in [0.1, 0.15) is 11.5 Å². The Labute approximate surface area is 113 Å². The third-order valence-electron chi connectivity index (χ3n) is 3.72. The zero-order chi connectivity index (χ0) is 13.3. The Morgan fingerprint density at radius 2 is 2.06 bits per heavy atom. The molecule has 0 aromatic heterocycles. The zero-order valence-corrected chi connectivity index (χ0v) is 12.1. The van der Waals surface area contributed by atoms with Gasteiger partial charge in [0.25, 0.3) is 0 Å². The summed E-state index contributed by atoms with van der Waals surface area (Å²) in [7, 11) is 3.33. The number of halogens is 1. The van der Waals surface area contributed by atoms with Gasteiger partial charge in [0.05, 0.1) is 19.2 Å². The van der Waals surface area contributed by atoms with Gasteiger partial charge >= 0.3 is 0 Å². The van der Waals surface area contributed by atoms with Crippen LogP contribution in [-0.4, -0.2) is 20.8 Å². The van der Waals surface area contributed by atoms with Gasteiger partial charge in [0.15, 0.2) is 0 Å². The van der Waals surface area contributed by atoms with E-state index in [-0.39, 0.29) is 5.54 Å². The van der Waals surface area contributed by atoms with Crippen molar-refractivity contribution in [3.05, 3.63) is 22.2 Å². The Morgan fingerprint density at radius 1 is 1.33 bits per heavy atom. The van der Waals surface area contributed by atoms with Gasteiger partial charge < -0.3 is 14.8 Å². The van der Waals surface area contributed by atoms with Gasteiger partial charge in [-0.05, 0) is 44.9 Å². The molecule has 1 heterocycles. The van der Waals surface area contributed by atoms with Crippen molar-refractivity contribution in [1.29, 1.82) is 0 Å². The minimum absolute atomic E-state index is 0.136. The lowest BCUT2D eigenvalue weighted by atomic mass is 9.88. The molecule has 1 saturated heterocycles. The van der Waals surface area contributed by atoms with Crippen LogP contribution in [0.3, 0.4) is 0 Å². The monoisotopic (exact) mass is 269 g/mol. The molecule has 0 bridgehead atoms. The number of nitrogens with one attached hydrogen (secondary N) is 1. The van der Waals surface area contributed by atoms with Gasteiger partial charge in [-0.1, -0.05) is 11.6 Å². The van der Waals surface area contributed by atoms with E-state index in [2.05, 4.69) is 12.2 Å².